The first-order valence-corrected chi connectivity index (χ1v) is 4.83. The number of ether oxygens (including phenoxy) is 3. The van der Waals surface area contributed by atoms with Gasteiger partial charge in [0.2, 0.25) is 0 Å². The summed E-state index contributed by atoms with van der Waals surface area (Å²) in [4.78, 5) is 10.8. The van der Waals surface area contributed by atoms with Crippen LogP contribution in [0.15, 0.2) is 0 Å². The van der Waals surface area contributed by atoms with Crippen molar-refractivity contribution in [2.24, 2.45) is 0 Å². The molecular formula is C9H16O7. The van der Waals surface area contributed by atoms with Crippen LogP contribution in [0.3, 0.4) is 0 Å². The largest absolute Gasteiger partial charge is 0.457 e. The lowest BCUT2D eigenvalue weighted by Crippen LogP contribution is -2.60. The van der Waals surface area contributed by atoms with Gasteiger partial charge in [0, 0.05) is 14.0 Å². The third-order valence-electron chi connectivity index (χ3n) is 2.36. The van der Waals surface area contributed by atoms with Gasteiger partial charge in [0.1, 0.15) is 18.3 Å². The summed E-state index contributed by atoms with van der Waals surface area (Å²) in [5.41, 5.74) is 0. The highest BCUT2D eigenvalue weighted by Gasteiger charge is 2.46. The summed E-state index contributed by atoms with van der Waals surface area (Å²) < 4.78 is 14.7. The van der Waals surface area contributed by atoms with Gasteiger partial charge in [0.15, 0.2) is 12.4 Å². The smallest absolute Gasteiger partial charge is 0.303 e. The lowest BCUT2D eigenvalue weighted by atomic mass is 9.99. The molecule has 0 aliphatic carbocycles. The lowest BCUT2D eigenvalue weighted by Gasteiger charge is -2.40. The number of methoxy groups -OCH3 is 1. The summed E-state index contributed by atoms with van der Waals surface area (Å²) in [5, 5.41) is 28.3. The number of esters is 1. The fourth-order valence-electron chi connectivity index (χ4n) is 1.58. The van der Waals surface area contributed by atoms with Gasteiger partial charge in [-0.1, -0.05) is 0 Å². The van der Waals surface area contributed by atoms with Gasteiger partial charge in [0.05, 0.1) is 6.61 Å². The Kier molecular flexibility index (Phi) is 4.63. The molecule has 0 unspecified atom stereocenters. The number of aliphatic hydroxyl groups is 3. The molecule has 1 saturated heterocycles. The van der Waals surface area contributed by atoms with Crippen molar-refractivity contribution in [3.05, 3.63) is 0 Å². The van der Waals surface area contributed by atoms with E-state index in [1.54, 1.807) is 0 Å². The molecule has 7 nitrogen and oxygen atoms in total. The molecule has 0 aromatic rings. The summed E-state index contributed by atoms with van der Waals surface area (Å²) in [6, 6.07) is 0. The number of carbonyl (C=O) groups excluding carboxylic acids is 1. The Balaban J connectivity index is 2.77. The Morgan fingerprint density at radius 1 is 1.38 bits per heavy atom. The molecule has 7 heteroatoms. The van der Waals surface area contributed by atoms with E-state index in [4.69, 9.17) is 19.3 Å². The zero-order valence-corrected chi connectivity index (χ0v) is 9.07. The SMILES string of the molecule is CO[C@H]1O[C@H](CO)[C@@H](OC(C)=O)[C@H](O)[C@@H]1O. The van der Waals surface area contributed by atoms with Crippen LogP contribution in [0, 0.1) is 0 Å². The van der Waals surface area contributed by atoms with Gasteiger partial charge in [-0.15, -0.1) is 0 Å². The van der Waals surface area contributed by atoms with E-state index in [9.17, 15) is 15.0 Å². The number of hydrogen-bond acceptors (Lipinski definition) is 7. The number of aliphatic hydroxyl groups excluding tert-OH is 3. The molecule has 0 aromatic carbocycles. The maximum absolute atomic E-state index is 10.8. The van der Waals surface area contributed by atoms with Gasteiger partial charge in [-0.05, 0) is 0 Å². The normalized spacial score (nSPS) is 39.4. The van der Waals surface area contributed by atoms with Crippen LogP contribution in [-0.2, 0) is 19.0 Å². The number of carbonyl (C=O) groups is 1. The molecule has 1 aliphatic rings. The van der Waals surface area contributed by atoms with Crippen LogP contribution in [0.1, 0.15) is 6.92 Å². The van der Waals surface area contributed by atoms with E-state index < -0.39 is 43.3 Å². The Labute approximate surface area is 92.5 Å². The van der Waals surface area contributed by atoms with E-state index >= 15 is 0 Å². The van der Waals surface area contributed by atoms with Crippen molar-refractivity contribution in [3.63, 3.8) is 0 Å². The molecule has 5 atom stereocenters. The Bertz CT molecular complexity index is 242. The zero-order chi connectivity index (χ0) is 12.3. The van der Waals surface area contributed by atoms with Crippen LogP contribution in [0.2, 0.25) is 0 Å². The van der Waals surface area contributed by atoms with E-state index in [-0.39, 0.29) is 0 Å². The monoisotopic (exact) mass is 236 g/mol. The first kappa shape index (κ1) is 13.3. The minimum absolute atomic E-state index is 0.457. The predicted molar refractivity (Wildman–Crippen MR) is 50.3 cm³/mol. The van der Waals surface area contributed by atoms with Crippen LogP contribution in [0.25, 0.3) is 0 Å². The molecule has 0 aromatic heterocycles. The van der Waals surface area contributed by atoms with E-state index in [1.807, 2.05) is 0 Å². The molecular weight excluding hydrogens is 220 g/mol. The van der Waals surface area contributed by atoms with Gasteiger partial charge in [-0.2, -0.15) is 0 Å². The fourth-order valence-corrected chi connectivity index (χ4v) is 1.58. The summed E-state index contributed by atoms with van der Waals surface area (Å²) >= 11 is 0. The lowest BCUT2D eigenvalue weighted by molar-refractivity contribution is -0.296. The average Bonchev–Trinajstić information content (AvgIpc) is 2.25. The van der Waals surface area contributed by atoms with Crippen molar-refractivity contribution < 1.29 is 34.3 Å². The molecule has 16 heavy (non-hydrogen) atoms. The summed E-state index contributed by atoms with van der Waals surface area (Å²) in [5.74, 6) is -0.630. The zero-order valence-electron chi connectivity index (χ0n) is 9.07. The molecule has 0 saturated carbocycles. The Morgan fingerprint density at radius 2 is 2.00 bits per heavy atom. The molecule has 1 fully saturated rings. The van der Waals surface area contributed by atoms with Gasteiger partial charge < -0.3 is 29.5 Å². The van der Waals surface area contributed by atoms with Crippen LogP contribution >= 0.6 is 0 Å². The van der Waals surface area contributed by atoms with Crippen LogP contribution in [0.4, 0.5) is 0 Å². The second-order valence-corrected chi connectivity index (χ2v) is 3.52. The quantitative estimate of drug-likeness (QED) is 0.487. The van der Waals surface area contributed by atoms with Crippen molar-refractivity contribution in [2.75, 3.05) is 13.7 Å². The summed E-state index contributed by atoms with van der Waals surface area (Å²) in [7, 11) is 1.29. The topological polar surface area (TPSA) is 105 Å². The van der Waals surface area contributed by atoms with Crippen molar-refractivity contribution in [3.8, 4) is 0 Å². The first-order valence-electron chi connectivity index (χ1n) is 4.83. The Hall–Kier alpha value is -0.730. The minimum atomic E-state index is -1.36. The fraction of sp³-hybridized carbons (Fsp3) is 0.889. The second kappa shape index (κ2) is 5.55. The molecule has 94 valence electrons. The van der Waals surface area contributed by atoms with Crippen molar-refractivity contribution in [2.45, 2.75) is 37.6 Å². The van der Waals surface area contributed by atoms with Gasteiger partial charge in [-0.25, -0.2) is 0 Å². The third-order valence-corrected chi connectivity index (χ3v) is 2.36. The molecule has 0 radical (unpaired) electrons. The highest BCUT2D eigenvalue weighted by atomic mass is 16.7. The van der Waals surface area contributed by atoms with Gasteiger partial charge in [-0.3, -0.25) is 4.79 Å². The first-order chi connectivity index (χ1) is 7.51. The van der Waals surface area contributed by atoms with Gasteiger partial charge >= 0.3 is 5.97 Å². The molecule has 0 amide bonds. The average molecular weight is 236 g/mol. The van der Waals surface area contributed by atoms with Crippen LogP contribution in [-0.4, -0.2) is 65.7 Å². The molecule has 0 spiro atoms. The molecule has 1 heterocycles. The molecule has 3 N–H and O–H groups in total. The van der Waals surface area contributed by atoms with Crippen molar-refractivity contribution in [1.29, 1.82) is 0 Å². The number of hydrogen-bond donors (Lipinski definition) is 3. The molecule has 1 rings (SSSR count). The standard InChI is InChI=1S/C9H16O7/c1-4(11)15-8-5(3-10)16-9(14-2)7(13)6(8)12/h5-10,12-13H,3H2,1-2H3/t5-,6-,7+,8-,9+/m1/s1. The second-order valence-electron chi connectivity index (χ2n) is 3.52. The van der Waals surface area contributed by atoms with Crippen molar-refractivity contribution >= 4 is 5.97 Å². The highest BCUT2D eigenvalue weighted by molar-refractivity contribution is 5.66. The molecule has 0 bridgehead atoms. The third kappa shape index (κ3) is 2.69. The number of rotatable bonds is 3. The van der Waals surface area contributed by atoms with Crippen LogP contribution < -0.4 is 0 Å². The Morgan fingerprint density at radius 3 is 2.44 bits per heavy atom. The van der Waals surface area contributed by atoms with E-state index in [0.29, 0.717) is 0 Å². The van der Waals surface area contributed by atoms with E-state index in [1.165, 1.54) is 7.11 Å². The minimum Gasteiger partial charge on any atom is -0.457 e. The molecule has 1 aliphatic heterocycles. The van der Waals surface area contributed by atoms with Crippen LogP contribution in [0.5, 0.6) is 0 Å². The van der Waals surface area contributed by atoms with Gasteiger partial charge in [0.25, 0.3) is 0 Å². The highest BCUT2D eigenvalue weighted by Crippen LogP contribution is 2.23. The maximum Gasteiger partial charge on any atom is 0.303 e. The predicted octanol–water partition coefficient (Wildman–Crippen LogP) is -2.00. The maximum atomic E-state index is 10.8. The van der Waals surface area contributed by atoms with E-state index in [2.05, 4.69) is 0 Å². The van der Waals surface area contributed by atoms with E-state index in [0.717, 1.165) is 6.92 Å². The summed E-state index contributed by atoms with van der Waals surface area (Å²) in [6.07, 6.45) is -5.79. The van der Waals surface area contributed by atoms with Crippen molar-refractivity contribution in [1.82, 2.24) is 0 Å². The summed E-state index contributed by atoms with van der Waals surface area (Å²) in [6.45, 7) is 0.706.